The Morgan fingerprint density at radius 1 is 1.40 bits per heavy atom. The van der Waals surface area contributed by atoms with Gasteiger partial charge in [-0.05, 0) is 32.8 Å². The van der Waals surface area contributed by atoms with Crippen LogP contribution in [0.25, 0.3) is 0 Å². The Bertz CT molecular complexity index is 542. The van der Waals surface area contributed by atoms with Crippen molar-refractivity contribution in [3.05, 3.63) is 22.5 Å². The predicted octanol–water partition coefficient (Wildman–Crippen LogP) is 1.33. The zero-order chi connectivity index (χ0) is 14.9. The summed E-state index contributed by atoms with van der Waals surface area (Å²) in [6.07, 6.45) is 0.779. The van der Waals surface area contributed by atoms with E-state index in [4.69, 9.17) is 9.47 Å². The second kappa shape index (κ2) is 5.28. The first-order valence-electron chi connectivity index (χ1n) is 6.56. The maximum Gasteiger partial charge on any atom is 0.339 e. The molecule has 6 nitrogen and oxygen atoms in total. The molecule has 0 aliphatic carbocycles. The molecule has 2 rings (SSSR count). The van der Waals surface area contributed by atoms with Crippen molar-refractivity contribution in [2.24, 2.45) is 0 Å². The summed E-state index contributed by atoms with van der Waals surface area (Å²) in [5, 5.41) is 2.96. The van der Waals surface area contributed by atoms with Crippen LogP contribution in [-0.4, -0.2) is 42.7 Å². The van der Waals surface area contributed by atoms with E-state index in [1.165, 1.54) is 7.11 Å². The predicted molar refractivity (Wildman–Crippen MR) is 72.9 cm³/mol. The minimum Gasteiger partial charge on any atom is -0.465 e. The van der Waals surface area contributed by atoms with Gasteiger partial charge in [-0.25, -0.2) is 4.79 Å². The molecule has 0 bridgehead atoms. The number of ether oxygens (including phenoxy) is 2. The minimum atomic E-state index is -0.439. The number of hydrogen-bond acceptors (Lipinski definition) is 4. The van der Waals surface area contributed by atoms with Gasteiger partial charge in [-0.1, -0.05) is 0 Å². The van der Waals surface area contributed by atoms with Crippen molar-refractivity contribution in [2.75, 3.05) is 20.3 Å². The lowest BCUT2D eigenvalue weighted by Crippen LogP contribution is -2.46. The van der Waals surface area contributed by atoms with E-state index in [0.717, 1.165) is 6.42 Å². The van der Waals surface area contributed by atoms with Crippen LogP contribution in [0.5, 0.6) is 0 Å². The molecule has 20 heavy (non-hydrogen) atoms. The van der Waals surface area contributed by atoms with E-state index in [2.05, 4.69) is 10.3 Å². The molecular formula is C14H20N2O4. The number of esters is 1. The molecule has 1 aromatic heterocycles. The molecule has 1 amide bonds. The van der Waals surface area contributed by atoms with E-state index >= 15 is 0 Å². The van der Waals surface area contributed by atoms with Crippen LogP contribution in [0, 0.1) is 13.8 Å². The standard InChI is InChI=1S/C14H20N2O4/c1-8-10(13(18)19-4)9(2)15-11(8)12(17)16-14(3)5-6-20-7-14/h15H,5-7H2,1-4H3,(H,16,17)/t14-/m1/s1. The molecule has 2 N–H and O–H groups in total. The van der Waals surface area contributed by atoms with Gasteiger partial charge < -0.3 is 19.8 Å². The summed E-state index contributed by atoms with van der Waals surface area (Å²) in [6, 6.07) is 0. The fraction of sp³-hybridized carbons (Fsp3) is 0.571. The van der Waals surface area contributed by atoms with Gasteiger partial charge in [-0.3, -0.25) is 4.79 Å². The van der Waals surface area contributed by atoms with Crippen LogP contribution < -0.4 is 5.32 Å². The number of carbonyl (C=O) groups excluding carboxylic acids is 2. The molecule has 2 heterocycles. The number of carbonyl (C=O) groups is 2. The molecule has 1 atom stereocenters. The maximum absolute atomic E-state index is 12.4. The Morgan fingerprint density at radius 3 is 2.65 bits per heavy atom. The second-order valence-electron chi connectivity index (χ2n) is 5.43. The average Bonchev–Trinajstić information content (AvgIpc) is 2.93. The number of methoxy groups -OCH3 is 1. The van der Waals surface area contributed by atoms with Crippen LogP contribution in [-0.2, 0) is 9.47 Å². The van der Waals surface area contributed by atoms with Gasteiger partial charge in [-0.2, -0.15) is 0 Å². The highest BCUT2D eigenvalue weighted by Gasteiger charge is 2.33. The van der Waals surface area contributed by atoms with E-state index in [-0.39, 0.29) is 11.4 Å². The fourth-order valence-electron chi connectivity index (χ4n) is 2.49. The van der Waals surface area contributed by atoms with Gasteiger partial charge in [0.05, 0.1) is 24.8 Å². The molecule has 110 valence electrons. The van der Waals surface area contributed by atoms with Crippen molar-refractivity contribution in [1.29, 1.82) is 0 Å². The molecule has 0 radical (unpaired) electrons. The highest BCUT2D eigenvalue weighted by molar-refractivity contribution is 6.00. The molecule has 0 unspecified atom stereocenters. The van der Waals surface area contributed by atoms with E-state index in [0.29, 0.717) is 35.7 Å². The smallest absolute Gasteiger partial charge is 0.339 e. The van der Waals surface area contributed by atoms with Crippen LogP contribution in [0.2, 0.25) is 0 Å². The third-order valence-electron chi connectivity index (χ3n) is 3.69. The van der Waals surface area contributed by atoms with Crippen molar-refractivity contribution in [3.63, 3.8) is 0 Å². The van der Waals surface area contributed by atoms with Gasteiger partial charge in [0.1, 0.15) is 5.69 Å². The monoisotopic (exact) mass is 280 g/mol. The molecule has 0 spiro atoms. The zero-order valence-corrected chi connectivity index (χ0v) is 12.3. The number of aryl methyl sites for hydroxylation is 1. The summed E-state index contributed by atoms with van der Waals surface area (Å²) in [5.74, 6) is -0.667. The first-order chi connectivity index (χ1) is 9.38. The highest BCUT2D eigenvalue weighted by atomic mass is 16.5. The van der Waals surface area contributed by atoms with Gasteiger partial charge in [0, 0.05) is 12.3 Å². The van der Waals surface area contributed by atoms with Gasteiger partial charge in [-0.15, -0.1) is 0 Å². The molecule has 1 fully saturated rings. The number of nitrogens with one attached hydrogen (secondary N) is 2. The zero-order valence-electron chi connectivity index (χ0n) is 12.3. The Balaban J connectivity index is 2.25. The van der Waals surface area contributed by atoms with E-state index in [9.17, 15) is 9.59 Å². The Morgan fingerprint density at radius 2 is 2.10 bits per heavy atom. The average molecular weight is 280 g/mol. The highest BCUT2D eigenvalue weighted by Crippen LogP contribution is 2.22. The summed E-state index contributed by atoms with van der Waals surface area (Å²) < 4.78 is 10.0. The van der Waals surface area contributed by atoms with Gasteiger partial charge in [0.2, 0.25) is 0 Å². The first-order valence-corrected chi connectivity index (χ1v) is 6.56. The normalized spacial score (nSPS) is 21.8. The number of amides is 1. The molecule has 1 aromatic rings. The van der Waals surface area contributed by atoms with Crippen molar-refractivity contribution in [2.45, 2.75) is 32.7 Å². The summed E-state index contributed by atoms with van der Waals surface area (Å²) in [4.78, 5) is 27.0. The van der Waals surface area contributed by atoms with E-state index < -0.39 is 5.97 Å². The van der Waals surface area contributed by atoms with Crippen molar-refractivity contribution in [1.82, 2.24) is 10.3 Å². The summed E-state index contributed by atoms with van der Waals surface area (Å²) in [7, 11) is 1.32. The van der Waals surface area contributed by atoms with E-state index in [1.54, 1.807) is 13.8 Å². The quantitative estimate of drug-likeness (QED) is 0.818. The third kappa shape index (κ3) is 2.56. The van der Waals surface area contributed by atoms with Gasteiger partial charge >= 0.3 is 5.97 Å². The number of aromatic nitrogens is 1. The topological polar surface area (TPSA) is 80.4 Å². The SMILES string of the molecule is COC(=O)c1c(C)[nH]c(C(=O)N[C@]2(C)CCOC2)c1C. The molecule has 0 saturated carbocycles. The van der Waals surface area contributed by atoms with Gasteiger partial charge in [0.25, 0.3) is 5.91 Å². The van der Waals surface area contributed by atoms with Crippen LogP contribution in [0.15, 0.2) is 0 Å². The Kier molecular flexibility index (Phi) is 3.85. The number of H-pyrrole nitrogens is 1. The van der Waals surface area contributed by atoms with Crippen LogP contribution >= 0.6 is 0 Å². The number of aromatic amines is 1. The van der Waals surface area contributed by atoms with Crippen molar-refractivity contribution >= 4 is 11.9 Å². The summed E-state index contributed by atoms with van der Waals surface area (Å²) in [5.41, 5.74) is 1.71. The van der Waals surface area contributed by atoms with Crippen molar-refractivity contribution < 1.29 is 19.1 Å². The molecule has 1 saturated heterocycles. The minimum absolute atomic E-state index is 0.228. The molecule has 1 aliphatic heterocycles. The lowest BCUT2D eigenvalue weighted by molar-refractivity contribution is 0.0599. The Hall–Kier alpha value is -1.82. The molecular weight excluding hydrogens is 260 g/mol. The fourth-order valence-corrected chi connectivity index (χ4v) is 2.49. The summed E-state index contributed by atoms with van der Waals surface area (Å²) >= 11 is 0. The molecule has 1 aliphatic rings. The lowest BCUT2D eigenvalue weighted by Gasteiger charge is -2.23. The van der Waals surface area contributed by atoms with Crippen molar-refractivity contribution in [3.8, 4) is 0 Å². The number of hydrogen-bond donors (Lipinski definition) is 2. The Labute approximate surface area is 117 Å². The second-order valence-corrected chi connectivity index (χ2v) is 5.43. The molecule has 6 heteroatoms. The van der Waals surface area contributed by atoms with Crippen LogP contribution in [0.4, 0.5) is 0 Å². The van der Waals surface area contributed by atoms with Crippen LogP contribution in [0.1, 0.15) is 45.4 Å². The number of rotatable bonds is 3. The van der Waals surface area contributed by atoms with Gasteiger partial charge in [0.15, 0.2) is 0 Å². The third-order valence-corrected chi connectivity index (χ3v) is 3.69. The van der Waals surface area contributed by atoms with E-state index in [1.807, 2.05) is 6.92 Å². The lowest BCUT2D eigenvalue weighted by atomic mass is 10.0. The largest absolute Gasteiger partial charge is 0.465 e. The maximum atomic E-state index is 12.4. The first kappa shape index (κ1) is 14.6. The van der Waals surface area contributed by atoms with Crippen LogP contribution in [0.3, 0.4) is 0 Å². The summed E-state index contributed by atoms with van der Waals surface area (Å²) in [6.45, 7) is 6.58. The molecule has 0 aromatic carbocycles.